The van der Waals surface area contributed by atoms with Crippen molar-refractivity contribution in [3.05, 3.63) is 84.9 Å². The summed E-state index contributed by atoms with van der Waals surface area (Å²) < 4.78 is 4.95. The average molecular weight is 367 g/mol. The second-order valence-corrected chi connectivity index (χ2v) is 6.52. The highest BCUT2D eigenvalue weighted by atomic mass is 16.5. The van der Waals surface area contributed by atoms with Gasteiger partial charge in [-0.1, -0.05) is 60.7 Å². The molecule has 4 aromatic carbocycles. The molecular formula is C22H17B2O4. The highest BCUT2D eigenvalue weighted by molar-refractivity contribution is 6.58. The van der Waals surface area contributed by atoms with Crippen molar-refractivity contribution in [1.82, 2.24) is 0 Å². The summed E-state index contributed by atoms with van der Waals surface area (Å²) in [6.45, 7) is 0. The molecule has 0 aliphatic heterocycles. The molecular weight excluding hydrogens is 350 g/mol. The summed E-state index contributed by atoms with van der Waals surface area (Å²) in [6, 6.07) is 27.3. The molecule has 0 bridgehead atoms. The number of hydrogen-bond acceptors (Lipinski definition) is 4. The minimum Gasteiger partial charge on any atom is -0.537 e. The Morgan fingerprint density at radius 3 is 1.61 bits per heavy atom. The van der Waals surface area contributed by atoms with Gasteiger partial charge in [-0.15, -0.1) is 0 Å². The van der Waals surface area contributed by atoms with E-state index in [1.54, 1.807) is 24.3 Å². The van der Waals surface area contributed by atoms with Crippen molar-refractivity contribution in [2.24, 2.45) is 0 Å². The van der Waals surface area contributed by atoms with Gasteiger partial charge in [0.1, 0.15) is 5.75 Å². The van der Waals surface area contributed by atoms with Crippen LogP contribution in [0.1, 0.15) is 0 Å². The highest BCUT2D eigenvalue weighted by Crippen LogP contribution is 2.29. The lowest BCUT2D eigenvalue weighted by molar-refractivity contribution is 0.426. The van der Waals surface area contributed by atoms with Crippen LogP contribution in [0.3, 0.4) is 0 Å². The van der Waals surface area contributed by atoms with Gasteiger partial charge in [0, 0.05) is 0 Å². The predicted octanol–water partition coefficient (Wildman–Crippen LogP) is 2.76. The van der Waals surface area contributed by atoms with Gasteiger partial charge in [0.15, 0.2) is 0 Å². The van der Waals surface area contributed by atoms with Crippen LogP contribution in [0.25, 0.3) is 33.0 Å². The number of benzene rings is 4. The molecule has 3 N–H and O–H groups in total. The molecule has 0 spiro atoms. The third kappa shape index (κ3) is 3.80. The Labute approximate surface area is 164 Å². The Hall–Kier alpha value is -3.05. The van der Waals surface area contributed by atoms with Crippen molar-refractivity contribution in [3.8, 4) is 28.0 Å². The van der Waals surface area contributed by atoms with E-state index in [1.807, 2.05) is 24.3 Å². The minimum atomic E-state index is -1.46. The molecule has 28 heavy (non-hydrogen) atoms. The van der Waals surface area contributed by atoms with E-state index in [2.05, 4.69) is 36.4 Å². The standard InChI is InChI=1S/C22H17B2O4/c25-23-28-22-11-7-16(8-12-22)19-4-2-17-1-3-18(13-20(17)14-19)15-5-9-21(10-6-15)24(26)27/h1-14,25-27H. The van der Waals surface area contributed by atoms with E-state index < -0.39 is 7.12 Å². The van der Waals surface area contributed by atoms with Gasteiger partial charge in [-0.05, 0) is 62.8 Å². The molecule has 135 valence electrons. The summed E-state index contributed by atoms with van der Waals surface area (Å²) in [6.07, 6.45) is 0. The van der Waals surface area contributed by atoms with Crippen LogP contribution in [0.5, 0.6) is 5.75 Å². The SMILES string of the molecule is O[B]Oc1ccc(-c2ccc3ccc(-c4ccc(B(O)O)cc4)cc3c2)cc1. The lowest BCUT2D eigenvalue weighted by atomic mass is 9.80. The molecule has 0 atom stereocenters. The Balaban J connectivity index is 1.68. The third-order valence-corrected chi connectivity index (χ3v) is 4.76. The lowest BCUT2D eigenvalue weighted by Gasteiger charge is -2.09. The van der Waals surface area contributed by atoms with Crippen LogP contribution in [-0.4, -0.2) is 29.9 Å². The van der Waals surface area contributed by atoms with Crippen molar-refractivity contribution in [2.45, 2.75) is 0 Å². The van der Waals surface area contributed by atoms with Crippen LogP contribution in [-0.2, 0) is 0 Å². The molecule has 0 aliphatic carbocycles. The molecule has 0 heterocycles. The fourth-order valence-corrected chi connectivity index (χ4v) is 3.24. The summed E-state index contributed by atoms with van der Waals surface area (Å²) in [5.41, 5.74) is 4.68. The van der Waals surface area contributed by atoms with Crippen molar-refractivity contribution in [3.63, 3.8) is 0 Å². The van der Waals surface area contributed by atoms with Crippen molar-refractivity contribution < 1.29 is 19.7 Å². The quantitative estimate of drug-likeness (QED) is 0.475. The van der Waals surface area contributed by atoms with Gasteiger partial charge in [0.25, 0.3) is 0 Å². The van der Waals surface area contributed by atoms with E-state index in [0.717, 1.165) is 33.0 Å². The molecule has 0 saturated heterocycles. The summed E-state index contributed by atoms with van der Waals surface area (Å²) in [4.78, 5) is 0. The first-order valence-corrected chi connectivity index (χ1v) is 8.87. The zero-order valence-corrected chi connectivity index (χ0v) is 15.0. The monoisotopic (exact) mass is 367 g/mol. The Morgan fingerprint density at radius 2 is 1.11 bits per heavy atom. The van der Waals surface area contributed by atoms with Gasteiger partial charge >= 0.3 is 14.8 Å². The summed E-state index contributed by atoms with van der Waals surface area (Å²) in [7, 11) is -0.791. The lowest BCUT2D eigenvalue weighted by Crippen LogP contribution is -2.29. The molecule has 0 fully saturated rings. The maximum Gasteiger partial charge on any atom is 0.569 e. The van der Waals surface area contributed by atoms with E-state index >= 15 is 0 Å². The van der Waals surface area contributed by atoms with Crippen LogP contribution < -0.4 is 10.1 Å². The number of fused-ring (bicyclic) bond motifs is 1. The first kappa shape index (κ1) is 18.3. The van der Waals surface area contributed by atoms with Gasteiger partial charge in [-0.25, -0.2) is 0 Å². The highest BCUT2D eigenvalue weighted by Gasteiger charge is 2.10. The normalized spacial score (nSPS) is 10.7. The fraction of sp³-hybridized carbons (Fsp3) is 0. The number of hydrogen-bond donors (Lipinski definition) is 3. The molecule has 6 heteroatoms. The van der Waals surface area contributed by atoms with Gasteiger partial charge in [-0.3, -0.25) is 0 Å². The zero-order chi connectivity index (χ0) is 19.5. The first-order valence-electron chi connectivity index (χ1n) is 8.87. The molecule has 0 saturated carbocycles. The molecule has 0 amide bonds. The maximum atomic E-state index is 9.25. The van der Waals surface area contributed by atoms with E-state index in [4.69, 9.17) is 9.68 Å². The van der Waals surface area contributed by atoms with Crippen molar-refractivity contribution in [2.75, 3.05) is 0 Å². The topological polar surface area (TPSA) is 69.9 Å². The second kappa shape index (κ2) is 7.90. The van der Waals surface area contributed by atoms with Crippen molar-refractivity contribution >= 4 is 31.0 Å². The zero-order valence-electron chi connectivity index (χ0n) is 15.0. The van der Waals surface area contributed by atoms with E-state index in [-0.39, 0.29) is 0 Å². The molecule has 1 radical (unpaired) electrons. The predicted molar refractivity (Wildman–Crippen MR) is 113 cm³/mol. The van der Waals surface area contributed by atoms with Crippen LogP contribution in [0.2, 0.25) is 0 Å². The molecule has 4 nitrogen and oxygen atoms in total. The molecule has 0 aromatic heterocycles. The molecule has 0 unspecified atom stereocenters. The smallest absolute Gasteiger partial charge is 0.537 e. The van der Waals surface area contributed by atoms with E-state index in [9.17, 15) is 10.0 Å². The van der Waals surface area contributed by atoms with E-state index in [1.165, 1.54) is 0 Å². The summed E-state index contributed by atoms with van der Waals surface area (Å²) in [5, 5.41) is 29.5. The van der Waals surface area contributed by atoms with Crippen LogP contribution in [0.15, 0.2) is 84.9 Å². The molecule has 4 aromatic rings. The maximum absolute atomic E-state index is 9.25. The van der Waals surface area contributed by atoms with Crippen LogP contribution in [0, 0.1) is 0 Å². The fourth-order valence-electron chi connectivity index (χ4n) is 3.24. The average Bonchev–Trinajstić information content (AvgIpc) is 2.74. The van der Waals surface area contributed by atoms with Crippen molar-refractivity contribution in [1.29, 1.82) is 0 Å². The van der Waals surface area contributed by atoms with Gasteiger partial charge in [-0.2, -0.15) is 0 Å². The third-order valence-electron chi connectivity index (χ3n) is 4.76. The molecule has 4 rings (SSSR count). The minimum absolute atomic E-state index is 0.470. The number of rotatable bonds is 5. The first-order chi connectivity index (χ1) is 13.6. The Morgan fingerprint density at radius 1 is 0.607 bits per heavy atom. The van der Waals surface area contributed by atoms with Crippen LogP contribution in [0.4, 0.5) is 0 Å². The largest absolute Gasteiger partial charge is 0.569 e. The van der Waals surface area contributed by atoms with Gasteiger partial charge < -0.3 is 19.7 Å². The van der Waals surface area contributed by atoms with Crippen LogP contribution >= 0.6 is 0 Å². The Bertz CT molecular complexity index is 1090. The Kier molecular flexibility index (Phi) is 5.17. The summed E-state index contributed by atoms with van der Waals surface area (Å²) in [5.74, 6) is 0.575. The summed E-state index contributed by atoms with van der Waals surface area (Å²) >= 11 is 0. The van der Waals surface area contributed by atoms with Gasteiger partial charge in [0.2, 0.25) is 0 Å². The second-order valence-electron chi connectivity index (χ2n) is 6.52. The van der Waals surface area contributed by atoms with E-state index in [0.29, 0.717) is 18.9 Å². The van der Waals surface area contributed by atoms with Gasteiger partial charge in [0.05, 0.1) is 0 Å². The molecule has 0 aliphatic rings.